The van der Waals surface area contributed by atoms with Crippen molar-refractivity contribution < 1.29 is 14.3 Å². The Hall–Kier alpha value is -0.260. The minimum absolute atomic E-state index is 0.0462. The second-order valence-corrected chi connectivity index (χ2v) is 3.81. The minimum Gasteiger partial charge on any atom is -0.375 e. The maximum absolute atomic E-state index is 11.4. The van der Waals surface area contributed by atoms with Gasteiger partial charge in [-0.25, -0.2) is 0 Å². The van der Waals surface area contributed by atoms with Crippen molar-refractivity contribution >= 4 is 17.7 Å². The van der Waals surface area contributed by atoms with Crippen LogP contribution in [0.2, 0.25) is 0 Å². The molecule has 0 spiro atoms. The highest BCUT2D eigenvalue weighted by molar-refractivity contribution is 7.99. The average molecular weight is 205 g/mol. The van der Waals surface area contributed by atoms with Crippen LogP contribution in [-0.2, 0) is 14.3 Å². The minimum atomic E-state index is 0.0462. The van der Waals surface area contributed by atoms with Crippen molar-refractivity contribution in [1.82, 2.24) is 4.90 Å². The zero-order valence-electron chi connectivity index (χ0n) is 7.99. The summed E-state index contributed by atoms with van der Waals surface area (Å²) in [5.74, 6) is 0.0462. The number of carbonyl (C=O) groups excluding carboxylic acids is 1. The van der Waals surface area contributed by atoms with Crippen LogP contribution >= 0.6 is 11.8 Å². The molecule has 1 fully saturated rings. The Kier molecular flexibility index (Phi) is 4.55. The lowest BCUT2D eigenvalue weighted by atomic mass is 10.4. The highest BCUT2D eigenvalue weighted by Crippen LogP contribution is 2.14. The molecule has 1 atom stereocenters. The number of amides is 1. The Morgan fingerprint density at radius 2 is 2.54 bits per heavy atom. The molecule has 0 saturated carbocycles. The van der Waals surface area contributed by atoms with Gasteiger partial charge < -0.3 is 14.4 Å². The first-order chi connectivity index (χ1) is 6.27. The van der Waals surface area contributed by atoms with Crippen molar-refractivity contribution in [3.63, 3.8) is 0 Å². The second-order valence-electron chi connectivity index (χ2n) is 2.81. The van der Waals surface area contributed by atoms with E-state index in [1.54, 1.807) is 16.7 Å². The summed E-state index contributed by atoms with van der Waals surface area (Å²) in [5, 5.41) is 0. The van der Waals surface area contributed by atoms with Crippen LogP contribution in [0.1, 0.15) is 0 Å². The SMILES string of the molecule is COCC(=O)N1CCOC(SC)C1. The second kappa shape index (κ2) is 5.47. The first kappa shape index (κ1) is 10.8. The standard InChI is InChI=1S/C8H15NO3S/c1-11-6-7(10)9-3-4-12-8(5-9)13-2/h8H,3-6H2,1-2H3. The molecule has 1 saturated heterocycles. The number of carbonyl (C=O) groups is 1. The molecule has 0 N–H and O–H groups in total. The summed E-state index contributed by atoms with van der Waals surface area (Å²) in [7, 11) is 1.53. The molecule has 0 aromatic rings. The van der Waals surface area contributed by atoms with Gasteiger partial charge in [0.2, 0.25) is 5.91 Å². The first-order valence-corrected chi connectivity index (χ1v) is 5.48. The van der Waals surface area contributed by atoms with Crippen LogP contribution in [0.3, 0.4) is 0 Å². The summed E-state index contributed by atoms with van der Waals surface area (Å²) in [5.41, 5.74) is 0.120. The molecule has 1 aliphatic rings. The largest absolute Gasteiger partial charge is 0.375 e. The molecule has 0 radical (unpaired) electrons. The van der Waals surface area contributed by atoms with Gasteiger partial charge >= 0.3 is 0 Å². The predicted molar refractivity (Wildman–Crippen MR) is 51.7 cm³/mol. The van der Waals surface area contributed by atoms with Crippen LogP contribution in [-0.4, -0.2) is 55.9 Å². The van der Waals surface area contributed by atoms with Gasteiger partial charge in [0, 0.05) is 13.7 Å². The number of morpholine rings is 1. The van der Waals surface area contributed by atoms with E-state index >= 15 is 0 Å². The lowest BCUT2D eigenvalue weighted by molar-refractivity contribution is -0.140. The molecule has 1 unspecified atom stereocenters. The van der Waals surface area contributed by atoms with Crippen molar-refractivity contribution in [3.05, 3.63) is 0 Å². The lowest BCUT2D eigenvalue weighted by Crippen LogP contribution is -2.45. The summed E-state index contributed by atoms with van der Waals surface area (Å²) in [6.07, 6.45) is 1.98. The summed E-state index contributed by atoms with van der Waals surface area (Å²) in [6.45, 7) is 2.14. The smallest absolute Gasteiger partial charge is 0.248 e. The van der Waals surface area contributed by atoms with E-state index < -0.39 is 0 Å². The van der Waals surface area contributed by atoms with Crippen molar-refractivity contribution in [2.75, 3.05) is 39.7 Å². The molecule has 1 amide bonds. The van der Waals surface area contributed by atoms with Gasteiger partial charge in [-0.05, 0) is 6.26 Å². The number of hydrogen-bond acceptors (Lipinski definition) is 4. The highest BCUT2D eigenvalue weighted by atomic mass is 32.2. The van der Waals surface area contributed by atoms with E-state index in [9.17, 15) is 4.79 Å². The molecule has 76 valence electrons. The fourth-order valence-corrected chi connectivity index (χ4v) is 1.76. The van der Waals surface area contributed by atoms with Crippen LogP contribution in [0.4, 0.5) is 0 Å². The molecule has 1 aliphatic heterocycles. The Bertz CT molecular complexity index is 177. The summed E-state index contributed by atoms with van der Waals surface area (Å²) in [6, 6.07) is 0. The summed E-state index contributed by atoms with van der Waals surface area (Å²) >= 11 is 1.63. The Morgan fingerprint density at radius 1 is 1.77 bits per heavy atom. The molecule has 0 bridgehead atoms. The average Bonchev–Trinajstić information content (AvgIpc) is 2.18. The van der Waals surface area contributed by atoms with Gasteiger partial charge in [0.15, 0.2) is 0 Å². The van der Waals surface area contributed by atoms with Crippen LogP contribution in [0.15, 0.2) is 0 Å². The molecule has 0 aromatic carbocycles. The maximum Gasteiger partial charge on any atom is 0.248 e. The molecular weight excluding hydrogens is 190 g/mol. The van der Waals surface area contributed by atoms with Gasteiger partial charge in [-0.1, -0.05) is 0 Å². The zero-order valence-corrected chi connectivity index (χ0v) is 8.80. The van der Waals surface area contributed by atoms with Crippen molar-refractivity contribution in [2.45, 2.75) is 5.44 Å². The molecule has 13 heavy (non-hydrogen) atoms. The monoisotopic (exact) mass is 205 g/mol. The van der Waals surface area contributed by atoms with Gasteiger partial charge in [-0.15, -0.1) is 11.8 Å². The van der Waals surface area contributed by atoms with Gasteiger partial charge in [0.05, 0.1) is 13.2 Å². The molecule has 0 aromatic heterocycles. The molecule has 5 heteroatoms. The zero-order chi connectivity index (χ0) is 9.68. The van der Waals surface area contributed by atoms with E-state index in [4.69, 9.17) is 9.47 Å². The van der Waals surface area contributed by atoms with Gasteiger partial charge in [-0.3, -0.25) is 4.79 Å². The van der Waals surface area contributed by atoms with Crippen LogP contribution in [0, 0.1) is 0 Å². The fourth-order valence-electron chi connectivity index (χ4n) is 1.20. The van der Waals surface area contributed by atoms with E-state index in [1.165, 1.54) is 7.11 Å². The third kappa shape index (κ3) is 3.17. The van der Waals surface area contributed by atoms with E-state index in [0.29, 0.717) is 19.7 Å². The summed E-state index contributed by atoms with van der Waals surface area (Å²) < 4.78 is 10.2. The maximum atomic E-state index is 11.4. The number of hydrogen-bond donors (Lipinski definition) is 0. The summed E-state index contributed by atoms with van der Waals surface area (Å²) in [4.78, 5) is 13.2. The fraction of sp³-hybridized carbons (Fsp3) is 0.875. The Labute approximate surface area is 82.6 Å². The molecule has 1 heterocycles. The number of ether oxygens (including phenoxy) is 2. The van der Waals surface area contributed by atoms with Gasteiger partial charge in [0.1, 0.15) is 12.0 Å². The predicted octanol–water partition coefficient (Wildman–Crippen LogP) is 0.181. The molecule has 0 aliphatic carbocycles. The van der Waals surface area contributed by atoms with Gasteiger partial charge in [0.25, 0.3) is 0 Å². The third-order valence-corrected chi connectivity index (χ3v) is 2.73. The lowest BCUT2D eigenvalue weighted by Gasteiger charge is -2.31. The van der Waals surface area contributed by atoms with Gasteiger partial charge in [-0.2, -0.15) is 0 Å². The number of rotatable bonds is 3. The number of thioether (sulfide) groups is 1. The normalized spacial score (nSPS) is 23.2. The van der Waals surface area contributed by atoms with E-state index in [0.717, 1.165) is 0 Å². The third-order valence-electron chi connectivity index (χ3n) is 1.92. The van der Waals surface area contributed by atoms with Crippen molar-refractivity contribution in [2.24, 2.45) is 0 Å². The number of methoxy groups -OCH3 is 1. The van der Waals surface area contributed by atoms with Crippen LogP contribution < -0.4 is 0 Å². The van der Waals surface area contributed by atoms with E-state index in [-0.39, 0.29) is 18.0 Å². The van der Waals surface area contributed by atoms with E-state index in [2.05, 4.69) is 0 Å². The van der Waals surface area contributed by atoms with E-state index in [1.807, 2.05) is 6.26 Å². The quantitative estimate of drug-likeness (QED) is 0.659. The topological polar surface area (TPSA) is 38.8 Å². The van der Waals surface area contributed by atoms with Crippen molar-refractivity contribution in [3.8, 4) is 0 Å². The molecule has 1 rings (SSSR count). The molecule has 4 nitrogen and oxygen atoms in total. The Balaban J connectivity index is 2.37. The Morgan fingerprint density at radius 3 is 3.15 bits per heavy atom. The van der Waals surface area contributed by atoms with Crippen LogP contribution in [0.5, 0.6) is 0 Å². The highest BCUT2D eigenvalue weighted by Gasteiger charge is 2.22. The van der Waals surface area contributed by atoms with Crippen LogP contribution in [0.25, 0.3) is 0 Å². The molecular formula is C8H15NO3S. The number of nitrogens with zero attached hydrogens (tertiary/aromatic N) is 1. The first-order valence-electron chi connectivity index (χ1n) is 4.19. The van der Waals surface area contributed by atoms with Crippen molar-refractivity contribution in [1.29, 1.82) is 0 Å².